The van der Waals surface area contributed by atoms with Crippen LogP contribution >= 0.6 is 0 Å². The molecule has 28 heavy (non-hydrogen) atoms. The van der Waals surface area contributed by atoms with Crippen molar-refractivity contribution < 1.29 is 9.47 Å². The Labute approximate surface area is 173 Å². The molecule has 5 saturated carbocycles. The molecule has 2 spiro atoms. The summed E-state index contributed by atoms with van der Waals surface area (Å²) >= 11 is 0. The molecule has 0 saturated heterocycles. The van der Waals surface area contributed by atoms with E-state index in [1.165, 1.54) is 103 Å². The Bertz CT molecular complexity index is 509. The van der Waals surface area contributed by atoms with Crippen molar-refractivity contribution in [3.05, 3.63) is 0 Å². The molecule has 2 atom stereocenters. The molecule has 5 aliphatic carbocycles. The minimum absolute atomic E-state index is 0.488. The van der Waals surface area contributed by atoms with Crippen molar-refractivity contribution in [2.24, 2.45) is 28.1 Å². The molecule has 0 aliphatic heterocycles. The van der Waals surface area contributed by atoms with Crippen LogP contribution in [-0.2, 0) is 9.47 Å². The molecule has 160 valence electrons. The number of ether oxygens (including phenoxy) is 2. The molecule has 0 radical (unpaired) electrons. The molecule has 2 heteroatoms. The van der Waals surface area contributed by atoms with Crippen LogP contribution in [0, 0.1) is 28.1 Å². The lowest BCUT2D eigenvalue weighted by atomic mass is 9.59. The fourth-order valence-corrected chi connectivity index (χ4v) is 7.87. The highest BCUT2D eigenvalue weighted by Gasteiger charge is 2.67. The highest BCUT2D eigenvalue weighted by Crippen LogP contribution is 2.72. The fraction of sp³-hybridized carbons (Fsp3) is 1.00. The van der Waals surface area contributed by atoms with Crippen LogP contribution in [0.25, 0.3) is 0 Å². The molecule has 5 aliphatic rings. The maximum absolute atomic E-state index is 6.72. The van der Waals surface area contributed by atoms with Crippen LogP contribution < -0.4 is 0 Å². The first-order chi connectivity index (χ1) is 13.7. The van der Waals surface area contributed by atoms with Gasteiger partial charge in [-0.15, -0.1) is 0 Å². The molecule has 5 rings (SSSR count). The zero-order valence-electron chi connectivity index (χ0n) is 18.5. The van der Waals surface area contributed by atoms with Gasteiger partial charge in [0.15, 0.2) is 0 Å². The summed E-state index contributed by atoms with van der Waals surface area (Å²) in [5.74, 6) is 1.80. The fourth-order valence-electron chi connectivity index (χ4n) is 7.87. The summed E-state index contributed by atoms with van der Waals surface area (Å²) in [6.45, 7) is 5.12. The Kier molecular flexibility index (Phi) is 5.59. The second-order valence-electron chi connectivity index (χ2n) is 11.6. The predicted octanol–water partition coefficient (Wildman–Crippen LogP) is 6.91. The van der Waals surface area contributed by atoms with E-state index in [1.807, 2.05) is 0 Å². The maximum Gasteiger partial charge on any atom is 0.0687 e. The average Bonchev–Trinajstić information content (AvgIpc) is 3.64. The Morgan fingerprint density at radius 2 is 1.46 bits per heavy atom. The largest absolute Gasteiger partial charge is 0.381 e. The van der Waals surface area contributed by atoms with Crippen molar-refractivity contribution in [3.8, 4) is 0 Å². The number of hydrogen-bond donors (Lipinski definition) is 0. The highest BCUT2D eigenvalue weighted by molar-refractivity contribution is 5.17. The van der Waals surface area contributed by atoms with Crippen molar-refractivity contribution in [1.82, 2.24) is 0 Å². The van der Waals surface area contributed by atoms with E-state index in [4.69, 9.17) is 9.47 Å². The van der Waals surface area contributed by atoms with Gasteiger partial charge in [-0.05, 0) is 106 Å². The first-order valence-corrected chi connectivity index (χ1v) is 12.9. The van der Waals surface area contributed by atoms with Gasteiger partial charge in [0.2, 0.25) is 0 Å². The quantitative estimate of drug-likeness (QED) is 0.450. The molecular formula is C26H44O2. The van der Waals surface area contributed by atoms with Gasteiger partial charge in [-0.3, -0.25) is 0 Å². The molecule has 2 unspecified atom stereocenters. The van der Waals surface area contributed by atoms with E-state index < -0.39 is 0 Å². The molecule has 0 aromatic carbocycles. The van der Waals surface area contributed by atoms with E-state index in [1.54, 1.807) is 0 Å². The minimum Gasteiger partial charge on any atom is -0.381 e. The van der Waals surface area contributed by atoms with Crippen LogP contribution in [-0.4, -0.2) is 25.9 Å². The van der Waals surface area contributed by atoms with Gasteiger partial charge >= 0.3 is 0 Å². The van der Waals surface area contributed by atoms with Crippen molar-refractivity contribution in [3.63, 3.8) is 0 Å². The van der Waals surface area contributed by atoms with E-state index in [2.05, 4.69) is 6.92 Å². The second kappa shape index (κ2) is 7.88. The smallest absolute Gasteiger partial charge is 0.0687 e. The van der Waals surface area contributed by atoms with Crippen molar-refractivity contribution in [2.75, 3.05) is 19.8 Å². The zero-order valence-corrected chi connectivity index (χ0v) is 18.5. The normalized spacial score (nSPS) is 37.0. The molecule has 0 amide bonds. The SMILES string of the molecule is CCOCC1(C2CCCCC2)CCCC(CCOC2C3(CC3)CCC23CC3)C1. The molecule has 0 aromatic heterocycles. The highest BCUT2D eigenvalue weighted by atomic mass is 16.5. The Balaban J connectivity index is 1.17. The second-order valence-corrected chi connectivity index (χ2v) is 11.6. The Morgan fingerprint density at radius 1 is 0.786 bits per heavy atom. The lowest BCUT2D eigenvalue weighted by Gasteiger charge is -2.48. The van der Waals surface area contributed by atoms with Crippen LogP contribution in [0.2, 0.25) is 0 Å². The van der Waals surface area contributed by atoms with Gasteiger partial charge < -0.3 is 9.47 Å². The van der Waals surface area contributed by atoms with Crippen molar-refractivity contribution >= 4 is 0 Å². The topological polar surface area (TPSA) is 18.5 Å². The summed E-state index contributed by atoms with van der Waals surface area (Å²) in [5.41, 5.74) is 1.77. The molecule has 0 N–H and O–H groups in total. The van der Waals surface area contributed by atoms with Gasteiger partial charge in [0.25, 0.3) is 0 Å². The molecule has 5 fully saturated rings. The molecular weight excluding hydrogens is 344 g/mol. The lowest BCUT2D eigenvalue weighted by Crippen LogP contribution is -2.41. The summed E-state index contributed by atoms with van der Waals surface area (Å²) in [7, 11) is 0. The zero-order chi connectivity index (χ0) is 19.1. The van der Waals surface area contributed by atoms with E-state index in [0.717, 1.165) is 31.7 Å². The van der Waals surface area contributed by atoms with Gasteiger partial charge in [-0.1, -0.05) is 32.1 Å². The summed E-state index contributed by atoms with van der Waals surface area (Å²) in [6, 6.07) is 0. The Morgan fingerprint density at radius 3 is 2.11 bits per heavy atom. The Hall–Kier alpha value is -0.0800. The average molecular weight is 389 g/mol. The molecule has 0 bridgehead atoms. The third-order valence-corrected chi connectivity index (χ3v) is 9.88. The third kappa shape index (κ3) is 3.70. The van der Waals surface area contributed by atoms with Crippen molar-refractivity contribution in [1.29, 1.82) is 0 Å². The first kappa shape index (κ1) is 19.9. The monoisotopic (exact) mass is 388 g/mol. The van der Waals surface area contributed by atoms with Gasteiger partial charge in [-0.2, -0.15) is 0 Å². The van der Waals surface area contributed by atoms with Crippen LogP contribution in [0.3, 0.4) is 0 Å². The molecule has 2 nitrogen and oxygen atoms in total. The van der Waals surface area contributed by atoms with Crippen LogP contribution in [0.1, 0.15) is 110 Å². The van der Waals surface area contributed by atoms with Crippen molar-refractivity contribution in [2.45, 2.75) is 116 Å². The summed E-state index contributed by atoms with van der Waals surface area (Å²) in [4.78, 5) is 0. The molecule has 0 heterocycles. The third-order valence-electron chi connectivity index (χ3n) is 9.88. The van der Waals surface area contributed by atoms with E-state index in [-0.39, 0.29) is 0 Å². The maximum atomic E-state index is 6.72. The number of rotatable bonds is 8. The van der Waals surface area contributed by atoms with Gasteiger partial charge in [0, 0.05) is 13.2 Å². The van der Waals surface area contributed by atoms with Crippen LogP contribution in [0.15, 0.2) is 0 Å². The van der Waals surface area contributed by atoms with Gasteiger partial charge in [0.1, 0.15) is 0 Å². The summed E-state index contributed by atoms with van der Waals surface area (Å²) in [5, 5.41) is 0. The van der Waals surface area contributed by atoms with Gasteiger partial charge in [-0.25, -0.2) is 0 Å². The van der Waals surface area contributed by atoms with Gasteiger partial charge in [0.05, 0.1) is 12.7 Å². The predicted molar refractivity (Wildman–Crippen MR) is 114 cm³/mol. The summed E-state index contributed by atoms with van der Waals surface area (Å²) < 4.78 is 12.8. The number of hydrogen-bond acceptors (Lipinski definition) is 2. The van der Waals surface area contributed by atoms with E-state index >= 15 is 0 Å². The minimum atomic E-state index is 0.488. The van der Waals surface area contributed by atoms with Crippen LogP contribution in [0.4, 0.5) is 0 Å². The molecule has 0 aromatic rings. The van der Waals surface area contributed by atoms with E-state index in [9.17, 15) is 0 Å². The van der Waals surface area contributed by atoms with Crippen LogP contribution in [0.5, 0.6) is 0 Å². The van der Waals surface area contributed by atoms with E-state index in [0.29, 0.717) is 22.3 Å². The lowest BCUT2D eigenvalue weighted by molar-refractivity contribution is -0.0557. The summed E-state index contributed by atoms with van der Waals surface area (Å²) in [6.07, 6.45) is 23.7. The standard InChI is InChI=1S/C26H44O2/c1-2-27-20-26(22-8-4-3-5-9-22)11-6-7-21(19-26)10-18-28-23-24(12-13-24)16-17-25(23)14-15-25/h21-23H,2-20H2,1H3. The first-order valence-electron chi connectivity index (χ1n) is 12.9.